The van der Waals surface area contributed by atoms with Crippen LogP contribution in [0.1, 0.15) is 28.4 Å². The molecule has 0 spiro atoms. The zero-order valence-electron chi connectivity index (χ0n) is 14.1. The smallest absolute Gasteiger partial charge is 0.416 e. The Balaban J connectivity index is 2.54. The molecule has 0 bridgehead atoms. The number of carbonyl (C=O) groups is 1. The van der Waals surface area contributed by atoms with E-state index in [0.29, 0.717) is 12.1 Å². The van der Waals surface area contributed by atoms with E-state index in [0.717, 1.165) is 13.3 Å². The Bertz CT molecular complexity index is 783. The minimum atomic E-state index is -4.95. The number of methoxy groups -OCH3 is 1. The van der Waals surface area contributed by atoms with Crippen LogP contribution in [-0.4, -0.2) is 24.6 Å². The molecule has 0 aliphatic heterocycles. The second-order valence-electron chi connectivity index (χ2n) is 5.40. The maximum atomic E-state index is 13.0. The van der Waals surface area contributed by atoms with Crippen LogP contribution in [0.2, 0.25) is 0 Å². The van der Waals surface area contributed by atoms with Gasteiger partial charge in [-0.1, -0.05) is 0 Å². The van der Waals surface area contributed by atoms with Gasteiger partial charge in [0.25, 0.3) is 0 Å². The summed E-state index contributed by atoms with van der Waals surface area (Å²) in [6, 6.07) is 3.92. The number of hydrogen-bond acceptors (Lipinski definition) is 4. The number of rotatable bonds is 4. The summed E-state index contributed by atoms with van der Waals surface area (Å²) >= 11 is 0. The Hall–Kier alpha value is -2.78. The zero-order chi connectivity index (χ0) is 20.4. The van der Waals surface area contributed by atoms with E-state index in [9.17, 15) is 31.1 Å². The molecule has 1 heterocycles. The van der Waals surface area contributed by atoms with E-state index in [1.807, 2.05) is 0 Å². The van der Waals surface area contributed by atoms with E-state index in [2.05, 4.69) is 9.72 Å². The topological polar surface area (TPSA) is 42.4 Å². The van der Waals surface area contributed by atoms with Crippen molar-refractivity contribution in [2.24, 2.45) is 0 Å². The number of hydrogen-bond donors (Lipinski definition) is 0. The summed E-state index contributed by atoms with van der Waals surface area (Å²) in [5, 5.41) is 0. The van der Waals surface area contributed by atoms with Crippen molar-refractivity contribution in [3.05, 3.63) is 53.2 Å². The van der Waals surface area contributed by atoms with Gasteiger partial charge in [0.05, 0.1) is 23.8 Å². The van der Waals surface area contributed by atoms with Crippen molar-refractivity contribution in [2.75, 3.05) is 18.6 Å². The van der Waals surface area contributed by atoms with Crippen LogP contribution in [0.3, 0.4) is 0 Å². The van der Waals surface area contributed by atoms with Gasteiger partial charge in [-0.15, -0.1) is 0 Å². The lowest BCUT2D eigenvalue weighted by Crippen LogP contribution is -2.20. The van der Waals surface area contributed by atoms with Crippen molar-refractivity contribution >= 4 is 17.5 Å². The number of aromatic nitrogens is 1. The van der Waals surface area contributed by atoms with Gasteiger partial charge in [-0.2, -0.15) is 26.3 Å². The molecule has 1 aromatic carbocycles. The average Bonchev–Trinajstić information content (AvgIpc) is 2.60. The lowest BCUT2D eigenvalue weighted by Gasteiger charge is -2.24. The Kier molecular flexibility index (Phi) is 5.67. The first-order valence-electron chi connectivity index (χ1n) is 7.58. The van der Waals surface area contributed by atoms with Gasteiger partial charge in [-0.25, -0.2) is 9.78 Å². The first kappa shape index (κ1) is 20.5. The van der Waals surface area contributed by atoms with E-state index < -0.39 is 29.4 Å². The molecule has 1 aromatic heterocycles. The molecule has 0 N–H and O–H groups in total. The van der Waals surface area contributed by atoms with Gasteiger partial charge in [0.2, 0.25) is 0 Å². The second-order valence-corrected chi connectivity index (χ2v) is 5.40. The van der Waals surface area contributed by atoms with Crippen LogP contribution in [0.4, 0.5) is 37.8 Å². The molecule has 0 fully saturated rings. The van der Waals surface area contributed by atoms with Crippen LogP contribution in [0, 0.1) is 0 Å². The Morgan fingerprint density at radius 3 is 1.96 bits per heavy atom. The number of carbonyl (C=O) groups excluding carboxylic acids is 1. The summed E-state index contributed by atoms with van der Waals surface area (Å²) in [7, 11) is 1.16. The number of ether oxygens (including phenoxy) is 1. The highest BCUT2D eigenvalue weighted by atomic mass is 19.4. The first-order chi connectivity index (χ1) is 12.5. The summed E-state index contributed by atoms with van der Waals surface area (Å²) in [6.07, 6.45) is -8.77. The molecule has 0 amide bonds. The molecule has 0 aliphatic rings. The highest BCUT2D eigenvalue weighted by Crippen LogP contribution is 2.39. The quantitative estimate of drug-likeness (QED) is 0.539. The normalized spacial score (nSPS) is 12.0. The summed E-state index contributed by atoms with van der Waals surface area (Å²) < 4.78 is 82.7. The molecule has 4 nitrogen and oxygen atoms in total. The van der Waals surface area contributed by atoms with Gasteiger partial charge < -0.3 is 9.64 Å². The third kappa shape index (κ3) is 4.69. The van der Waals surface area contributed by atoms with Crippen LogP contribution in [0.5, 0.6) is 0 Å². The van der Waals surface area contributed by atoms with Crippen molar-refractivity contribution in [1.29, 1.82) is 0 Å². The molecule has 0 aliphatic carbocycles. The van der Waals surface area contributed by atoms with Crippen LogP contribution in [0.15, 0.2) is 36.5 Å². The van der Waals surface area contributed by atoms with Crippen molar-refractivity contribution in [3.8, 4) is 0 Å². The van der Waals surface area contributed by atoms with E-state index in [1.54, 1.807) is 6.92 Å². The minimum Gasteiger partial charge on any atom is -0.465 e. The molecule has 0 saturated heterocycles. The SMILES string of the molecule is CCN(c1cc(C(F)(F)F)cc(C(F)(F)F)c1)c1ccc(C(=O)OC)cn1. The monoisotopic (exact) mass is 392 g/mol. The third-order valence-electron chi connectivity index (χ3n) is 3.65. The predicted octanol–water partition coefficient (Wildman–Crippen LogP) is 5.06. The van der Waals surface area contributed by atoms with Gasteiger partial charge >= 0.3 is 18.3 Å². The van der Waals surface area contributed by atoms with Gasteiger partial charge in [0.1, 0.15) is 5.82 Å². The fourth-order valence-corrected chi connectivity index (χ4v) is 2.36. The number of halogens is 6. The van der Waals surface area contributed by atoms with Gasteiger partial charge in [0, 0.05) is 18.4 Å². The Labute approximate surface area is 150 Å². The molecular formula is C17H14F6N2O2. The fraction of sp³-hybridized carbons (Fsp3) is 0.294. The molecule has 27 heavy (non-hydrogen) atoms. The molecule has 0 atom stereocenters. The molecule has 2 rings (SSSR count). The van der Waals surface area contributed by atoms with Crippen LogP contribution < -0.4 is 4.90 Å². The summed E-state index contributed by atoms with van der Waals surface area (Å²) in [5.41, 5.74) is -3.07. The molecule has 2 aromatic rings. The standard InChI is InChI=1S/C17H14F6N2O2/c1-3-25(14-5-4-10(9-24-14)15(26)27-2)13-7-11(16(18,19)20)6-12(8-13)17(21,22)23/h4-9H,3H2,1-2H3. The van der Waals surface area contributed by atoms with Crippen LogP contribution in [0.25, 0.3) is 0 Å². The molecular weight excluding hydrogens is 378 g/mol. The fourth-order valence-electron chi connectivity index (χ4n) is 2.36. The van der Waals surface area contributed by atoms with Crippen LogP contribution in [-0.2, 0) is 17.1 Å². The van der Waals surface area contributed by atoms with Crippen molar-refractivity contribution in [3.63, 3.8) is 0 Å². The number of pyridine rings is 1. The maximum Gasteiger partial charge on any atom is 0.416 e. The molecule has 0 unspecified atom stereocenters. The third-order valence-corrected chi connectivity index (χ3v) is 3.65. The van der Waals surface area contributed by atoms with Gasteiger partial charge in [-0.3, -0.25) is 0 Å². The minimum absolute atomic E-state index is 0.0448. The van der Waals surface area contributed by atoms with Crippen molar-refractivity contribution < 1.29 is 35.9 Å². The first-order valence-corrected chi connectivity index (χ1v) is 7.58. The van der Waals surface area contributed by atoms with E-state index in [1.165, 1.54) is 17.0 Å². The van der Waals surface area contributed by atoms with Gasteiger partial charge in [-0.05, 0) is 37.3 Å². The second kappa shape index (κ2) is 7.45. The zero-order valence-corrected chi connectivity index (χ0v) is 14.1. The number of nitrogens with zero attached hydrogens (tertiary/aromatic N) is 2. The van der Waals surface area contributed by atoms with E-state index in [4.69, 9.17) is 0 Å². The molecule has 0 saturated carbocycles. The number of anilines is 2. The number of alkyl halides is 6. The van der Waals surface area contributed by atoms with E-state index >= 15 is 0 Å². The maximum absolute atomic E-state index is 13.0. The van der Waals surface area contributed by atoms with Crippen molar-refractivity contribution in [2.45, 2.75) is 19.3 Å². The lowest BCUT2D eigenvalue weighted by molar-refractivity contribution is -0.143. The predicted molar refractivity (Wildman–Crippen MR) is 84.7 cm³/mol. The van der Waals surface area contributed by atoms with Gasteiger partial charge in [0.15, 0.2) is 0 Å². The number of esters is 1. The summed E-state index contributed by atoms with van der Waals surface area (Å²) in [4.78, 5) is 16.5. The molecule has 0 radical (unpaired) electrons. The largest absolute Gasteiger partial charge is 0.465 e. The lowest BCUT2D eigenvalue weighted by atomic mass is 10.1. The Morgan fingerprint density at radius 2 is 1.59 bits per heavy atom. The molecule has 146 valence electrons. The molecule has 10 heteroatoms. The van der Waals surface area contributed by atoms with Crippen molar-refractivity contribution in [1.82, 2.24) is 4.98 Å². The highest BCUT2D eigenvalue weighted by molar-refractivity contribution is 5.89. The van der Waals surface area contributed by atoms with Crippen LogP contribution >= 0.6 is 0 Å². The number of benzene rings is 1. The Morgan fingerprint density at radius 1 is 1.04 bits per heavy atom. The highest BCUT2D eigenvalue weighted by Gasteiger charge is 2.37. The summed E-state index contributed by atoms with van der Waals surface area (Å²) in [5.74, 6) is -0.590. The summed E-state index contributed by atoms with van der Waals surface area (Å²) in [6.45, 7) is 1.59. The van der Waals surface area contributed by atoms with E-state index in [-0.39, 0.29) is 29.7 Å². The average molecular weight is 392 g/mol.